The molecule has 114 valence electrons. The molecule has 0 atom stereocenters. The monoisotopic (exact) mass is 297 g/mol. The zero-order valence-electron chi connectivity index (χ0n) is 12.8. The Kier molecular flexibility index (Phi) is 5.31. The van der Waals surface area contributed by atoms with E-state index >= 15 is 0 Å². The zero-order chi connectivity index (χ0) is 15.9. The highest BCUT2D eigenvalue weighted by molar-refractivity contribution is 5.92. The standard InChI is InChI=1S/C18H19NO3/c1-13-6-8-16(9-7-13)19-17(20)12-22-18(21)11-15-5-3-4-14(2)10-15/h3-10H,11-12H2,1-2H3,(H,19,20). The van der Waals surface area contributed by atoms with Crippen molar-refractivity contribution in [3.05, 3.63) is 65.2 Å². The summed E-state index contributed by atoms with van der Waals surface area (Å²) < 4.78 is 4.99. The third-order valence-corrected chi connectivity index (χ3v) is 3.13. The van der Waals surface area contributed by atoms with E-state index in [1.165, 1.54) is 0 Å². The Labute approximate surface area is 130 Å². The molecule has 0 fully saturated rings. The number of benzene rings is 2. The molecule has 0 aliphatic heterocycles. The largest absolute Gasteiger partial charge is 0.455 e. The van der Waals surface area contributed by atoms with Crippen molar-refractivity contribution in [1.29, 1.82) is 0 Å². The number of hydrogen-bond donors (Lipinski definition) is 1. The minimum absolute atomic E-state index is 0.166. The molecule has 0 aromatic heterocycles. The number of amides is 1. The smallest absolute Gasteiger partial charge is 0.310 e. The van der Waals surface area contributed by atoms with E-state index in [2.05, 4.69) is 5.32 Å². The molecule has 4 nitrogen and oxygen atoms in total. The fraction of sp³-hybridized carbons (Fsp3) is 0.222. The summed E-state index contributed by atoms with van der Waals surface area (Å²) in [5.74, 6) is -0.758. The van der Waals surface area contributed by atoms with Crippen LogP contribution in [-0.2, 0) is 20.7 Å². The van der Waals surface area contributed by atoms with Crippen molar-refractivity contribution in [2.45, 2.75) is 20.3 Å². The minimum Gasteiger partial charge on any atom is -0.455 e. The lowest BCUT2D eigenvalue weighted by molar-refractivity contribution is -0.146. The summed E-state index contributed by atoms with van der Waals surface area (Å²) in [6.45, 7) is 3.65. The van der Waals surface area contributed by atoms with Crippen LogP contribution in [0.2, 0.25) is 0 Å². The lowest BCUT2D eigenvalue weighted by Gasteiger charge is -2.07. The molecule has 2 aromatic rings. The third kappa shape index (κ3) is 5.05. The van der Waals surface area contributed by atoms with E-state index < -0.39 is 5.97 Å². The highest BCUT2D eigenvalue weighted by Crippen LogP contribution is 2.09. The second-order valence-electron chi connectivity index (χ2n) is 5.24. The Bertz CT molecular complexity index is 662. The molecular weight excluding hydrogens is 278 g/mol. The van der Waals surface area contributed by atoms with Crippen molar-refractivity contribution in [1.82, 2.24) is 0 Å². The van der Waals surface area contributed by atoms with Gasteiger partial charge >= 0.3 is 5.97 Å². The quantitative estimate of drug-likeness (QED) is 0.863. The number of hydrogen-bond acceptors (Lipinski definition) is 3. The summed E-state index contributed by atoms with van der Waals surface area (Å²) in [5.41, 5.74) is 3.76. The molecule has 0 spiro atoms. The van der Waals surface area contributed by atoms with E-state index in [4.69, 9.17) is 4.74 Å². The Morgan fingerprint density at radius 1 is 1.00 bits per heavy atom. The lowest BCUT2D eigenvalue weighted by Crippen LogP contribution is -2.21. The van der Waals surface area contributed by atoms with Crippen molar-refractivity contribution in [3.8, 4) is 0 Å². The first-order chi connectivity index (χ1) is 10.5. The molecule has 0 unspecified atom stereocenters. The van der Waals surface area contributed by atoms with Gasteiger partial charge in [0.05, 0.1) is 6.42 Å². The van der Waals surface area contributed by atoms with Gasteiger partial charge in [0.15, 0.2) is 6.61 Å². The van der Waals surface area contributed by atoms with Crippen LogP contribution in [0.5, 0.6) is 0 Å². The maximum atomic E-state index is 11.7. The molecular formula is C18H19NO3. The lowest BCUT2D eigenvalue weighted by atomic mass is 10.1. The van der Waals surface area contributed by atoms with Crippen molar-refractivity contribution < 1.29 is 14.3 Å². The topological polar surface area (TPSA) is 55.4 Å². The average molecular weight is 297 g/mol. The SMILES string of the molecule is Cc1ccc(NC(=O)COC(=O)Cc2cccc(C)c2)cc1. The van der Waals surface area contributed by atoms with Crippen LogP contribution < -0.4 is 5.32 Å². The molecule has 2 aromatic carbocycles. The van der Waals surface area contributed by atoms with Crippen molar-refractivity contribution in [3.63, 3.8) is 0 Å². The first-order valence-corrected chi connectivity index (χ1v) is 7.10. The van der Waals surface area contributed by atoms with E-state index in [1.807, 2.05) is 62.4 Å². The van der Waals surface area contributed by atoms with Gasteiger partial charge in [-0.25, -0.2) is 0 Å². The third-order valence-electron chi connectivity index (χ3n) is 3.13. The molecule has 22 heavy (non-hydrogen) atoms. The molecule has 0 bridgehead atoms. The van der Waals surface area contributed by atoms with E-state index in [0.29, 0.717) is 5.69 Å². The summed E-state index contributed by atoms with van der Waals surface area (Å²) in [4.78, 5) is 23.4. The summed E-state index contributed by atoms with van der Waals surface area (Å²) in [6.07, 6.45) is 0.166. The van der Waals surface area contributed by atoms with Gasteiger partial charge < -0.3 is 10.1 Å². The number of esters is 1. The predicted octanol–water partition coefficient (Wildman–Crippen LogP) is 3.03. The molecule has 1 amide bonds. The minimum atomic E-state index is -0.412. The van der Waals surface area contributed by atoms with Gasteiger partial charge in [-0.05, 0) is 31.5 Å². The van der Waals surface area contributed by atoms with Crippen LogP contribution in [0, 0.1) is 13.8 Å². The van der Waals surface area contributed by atoms with Crippen LogP contribution >= 0.6 is 0 Å². The molecule has 0 saturated heterocycles. The molecule has 0 aliphatic carbocycles. The van der Waals surface area contributed by atoms with Crippen LogP contribution in [0.25, 0.3) is 0 Å². The van der Waals surface area contributed by atoms with Crippen LogP contribution in [0.1, 0.15) is 16.7 Å². The van der Waals surface area contributed by atoms with Gasteiger partial charge in [-0.15, -0.1) is 0 Å². The van der Waals surface area contributed by atoms with Crippen LogP contribution in [-0.4, -0.2) is 18.5 Å². The van der Waals surface area contributed by atoms with Gasteiger partial charge in [-0.3, -0.25) is 9.59 Å². The number of rotatable bonds is 5. The molecule has 0 heterocycles. The Morgan fingerprint density at radius 2 is 1.73 bits per heavy atom. The normalized spacial score (nSPS) is 10.1. The number of carbonyl (C=O) groups excluding carboxylic acids is 2. The maximum Gasteiger partial charge on any atom is 0.310 e. The average Bonchev–Trinajstić information content (AvgIpc) is 2.48. The van der Waals surface area contributed by atoms with Gasteiger partial charge in [0.2, 0.25) is 0 Å². The number of aryl methyl sites for hydroxylation is 2. The Hall–Kier alpha value is -2.62. The fourth-order valence-corrected chi connectivity index (χ4v) is 2.02. The van der Waals surface area contributed by atoms with Crippen molar-refractivity contribution >= 4 is 17.6 Å². The summed E-state index contributed by atoms with van der Waals surface area (Å²) >= 11 is 0. The molecule has 4 heteroatoms. The number of ether oxygens (including phenoxy) is 1. The molecule has 0 saturated carbocycles. The highest BCUT2D eigenvalue weighted by Gasteiger charge is 2.09. The summed E-state index contributed by atoms with van der Waals surface area (Å²) in [6, 6.07) is 15.1. The first-order valence-electron chi connectivity index (χ1n) is 7.10. The van der Waals surface area contributed by atoms with Crippen molar-refractivity contribution in [2.24, 2.45) is 0 Å². The highest BCUT2D eigenvalue weighted by atomic mass is 16.5. The Balaban J connectivity index is 1.78. The zero-order valence-corrected chi connectivity index (χ0v) is 12.8. The van der Waals surface area contributed by atoms with E-state index in [9.17, 15) is 9.59 Å². The van der Waals surface area contributed by atoms with E-state index in [0.717, 1.165) is 16.7 Å². The van der Waals surface area contributed by atoms with Gasteiger partial charge in [-0.2, -0.15) is 0 Å². The second kappa shape index (κ2) is 7.41. The predicted molar refractivity (Wildman–Crippen MR) is 85.7 cm³/mol. The van der Waals surface area contributed by atoms with Crippen LogP contribution in [0.15, 0.2) is 48.5 Å². The van der Waals surface area contributed by atoms with Crippen LogP contribution in [0.3, 0.4) is 0 Å². The summed E-state index contributed by atoms with van der Waals surface area (Å²) in [7, 11) is 0. The number of carbonyl (C=O) groups is 2. The van der Waals surface area contributed by atoms with Gasteiger partial charge in [0.25, 0.3) is 5.91 Å². The Morgan fingerprint density at radius 3 is 2.41 bits per heavy atom. The molecule has 1 N–H and O–H groups in total. The van der Waals surface area contributed by atoms with Gasteiger partial charge in [0.1, 0.15) is 0 Å². The fourth-order valence-electron chi connectivity index (χ4n) is 2.02. The summed E-state index contributed by atoms with van der Waals surface area (Å²) in [5, 5.41) is 2.68. The molecule has 0 aliphatic rings. The molecule has 0 radical (unpaired) electrons. The van der Waals surface area contributed by atoms with E-state index in [1.54, 1.807) is 0 Å². The second-order valence-corrected chi connectivity index (χ2v) is 5.24. The maximum absolute atomic E-state index is 11.7. The van der Waals surface area contributed by atoms with Crippen LogP contribution in [0.4, 0.5) is 5.69 Å². The van der Waals surface area contributed by atoms with Crippen molar-refractivity contribution in [2.75, 3.05) is 11.9 Å². The first kappa shape index (κ1) is 15.8. The van der Waals surface area contributed by atoms with E-state index in [-0.39, 0.29) is 18.9 Å². The number of nitrogens with one attached hydrogen (secondary N) is 1. The van der Waals surface area contributed by atoms with Gasteiger partial charge in [-0.1, -0.05) is 47.5 Å². The number of anilines is 1. The molecule has 2 rings (SSSR count). The van der Waals surface area contributed by atoms with Gasteiger partial charge in [0, 0.05) is 5.69 Å².